The summed E-state index contributed by atoms with van der Waals surface area (Å²) in [5, 5.41) is 14.5. The monoisotopic (exact) mass is 574 g/mol. The van der Waals surface area contributed by atoms with Gasteiger partial charge in [-0.05, 0) is 57.8 Å². The first-order valence-corrected chi connectivity index (χ1v) is 14.8. The van der Waals surface area contributed by atoms with E-state index in [2.05, 4.69) is 10.1 Å². The van der Waals surface area contributed by atoms with E-state index in [0.717, 1.165) is 18.5 Å². The van der Waals surface area contributed by atoms with E-state index in [-0.39, 0.29) is 39.3 Å². The highest BCUT2D eigenvalue weighted by Crippen LogP contribution is 2.42. The standard InChI is InChI=1S/C29H36Cl2N4O4/c1-17-21(13-33-35(17)20-8-10-29(2,11-9-20)28(38)39)27(37)34-16-19(18-6-4-3-5-7-18)12-24(34)26(36)25-22(30)14-32-15-23(25)31/h13-15,18-20,24H,3-12,16H2,1-2H3,(H,38,39)/t19-,20?,24-,29?/m1/s1. The summed E-state index contributed by atoms with van der Waals surface area (Å²) in [5.74, 6) is -0.484. The minimum absolute atomic E-state index is 0.0411. The summed E-state index contributed by atoms with van der Waals surface area (Å²) in [4.78, 5) is 45.3. The van der Waals surface area contributed by atoms with Crippen molar-refractivity contribution in [2.75, 3.05) is 6.54 Å². The maximum absolute atomic E-state index is 14.1. The molecule has 10 heteroatoms. The van der Waals surface area contributed by atoms with Crippen LogP contribution in [0.15, 0.2) is 18.6 Å². The molecule has 3 heterocycles. The summed E-state index contributed by atoms with van der Waals surface area (Å²) >= 11 is 12.7. The van der Waals surface area contributed by atoms with Gasteiger partial charge in [0.05, 0.1) is 44.9 Å². The van der Waals surface area contributed by atoms with Crippen molar-refractivity contribution in [2.45, 2.75) is 90.1 Å². The average Bonchev–Trinajstić information content (AvgIpc) is 3.53. The highest BCUT2D eigenvalue weighted by Gasteiger charge is 2.45. The normalized spacial score (nSPS) is 28.0. The number of amides is 1. The summed E-state index contributed by atoms with van der Waals surface area (Å²) < 4.78 is 1.87. The predicted molar refractivity (Wildman–Crippen MR) is 148 cm³/mol. The van der Waals surface area contributed by atoms with E-state index in [1.807, 2.05) is 11.6 Å². The molecular formula is C29H36Cl2N4O4. The third kappa shape index (κ3) is 5.34. The van der Waals surface area contributed by atoms with E-state index < -0.39 is 17.4 Å². The van der Waals surface area contributed by atoms with Crippen molar-refractivity contribution >= 4 is 40.9 Å². The number of carboxylic acids is 1. The Morgan fingerprint density at radius 3 is 2.23 bits per heavy atom. The molecule has 2 aliphatic carbocycles. The number of nitrogens with zero attached hydrogens (tertiary/aromatic N) is 4. The molecule has 0 aromatic carbocycles. The Kier molecular flexibility index (Phi) is 8.07. The highest BCUT2D eigenvalue weighted by atomic mass is 35.5. The minimum atomic E-state index is -0.763. The van der Waals surface area contributed by atoms with Crippen LogP contribution < -0.4 is 0 Å². The number of aliphatic carboxylic acids is 1. The molecule has 1 aliphatic heterocycles. The van der Waals surface area contributed by atoms with Crippen LogP contribution >= 0.6 is 23.2 Å². The SMILES string of the molecule is Cc1c(C(=O)N2C[C@H](C3CCCCC3)C[C@@H]2C(=O)c2c(Cl)cncc2Cl)cnn1C1CCC(C)(C(=O)O)CC1. The number of hydrogen-bond donors (Lipinski definition) is 1. The van der Waals surface area contributed by atoms with E-state index >= 15 is 0 Å². The number of Topliss-reactive ketones (excluding diaryl/α,β-unsaturated/α-hetero) is 1. The molecule has 210 valence electrons. The molecule has 2 aromatic heterocycles. The molecule has 0 radical (unpaired) electrons. The van der Waals surface area contributed by atoms with Crippen LogP contribution in [0.3, 0.4) is 0 Å². The number of aromatic nitrogens is 3. The average molecular weight is 576 g/mol. The lowest BCUT2D eigenvalue weighted by Gasteiger charge is -2.34. The van der Waals surface area contributed by atoms with Gasteiger partial charge in [-0.3, -0.25) is 24.0 Å². The van der Waals surface area contributed by atoms with E-state index in [0.29, 0.717) is 50.1 Å². The van der Waals surface area contributed by atoms with Gasteiger partial charge in [-0.1, -0.05) is 55.3 Å². The molecule has 39 heavy (non-hydrogen) atoms. The molecular weight excluding hydrogens is 539 g/mol. The molecule has 2 atom stereocenters. The quantitative estimate of drug-likeness (QED) is 0.400. The van der Waals surface area contributed by atoms with Crippen molar-refractivity contribution < 1.29 is 19.5 Å². The zero-order valence-electron chi connectivity index (χ0n) is 22.5. The fourth-order valence-corrected chi connectivity index (χ4v) is 7.51. The molecule has 2 saturated carbocycles. The van der Waals surface area contributed by atoms with Gasteiger partial charge in [0.15, 0.2) is 5.78 Å². The van der Waals surface area contributed by atoms with Gasteiger partial charge in [0.25, 0.3) is 5.91 Å². The van der Waals surface area contributed by atoms with Crippen LogP contribution in [0, 0.1) is 24.2 Å². The summed E-state index contributed by atoms with van der Waals surface area (Å²) in [6, 6.07) is -0.616. The van der Waals surface area contributed by atoms with E-state index in [1.54, 1.807) is 18.0 Å². The maximum atomic E-state index is 14.1. The molecule has 8 nitrogen and oxygen atoms in total. The zero-order chi connectivity index (χ0) is 27.9. The maximum Gasteiger partial charge on any atom is 0.309 e. The number of carboxylic acid groups (broad SMARTS) is 1. The lowest BCUT2D eigenvalue weighted by molar-refractivity contribution is -0.150. The van der Waals surface area contributed by atoms with Crippen molar-refractivity contribution in [1.82, 2.24) is 19.7 Å². The van der Waals surface area contributed by atoms with E-state index in [9.17, 15) is 19.5 Å². The topological polar surface area (TPSA) is 105 Å². The van der Waals surface area contributed by atoms with Crippen LogP contribution in [0.1, 0.15) is 104 Å². The van der Waals surface area contributed by atoms with Crippen molar-refractivity contribution in [3.8, 4) is 0 Å². The first kappa shape index (κ1) is 28.1. The van der Waals surface area contributed by atoms with Crippen LogP contribution in [0.5, 0.6) is 0 Å². The Morgan fingerprint density at radius 2 is 1.62 bits per heavy atom. The number of likely N-dealkylation sites (tertiary alicyclic amines) is 1. The van der Waals surface area contributed by atoms with E-state index in [1.165, 1.54) is 31.7 Å². The Hall–Kier alpha value is -2.45. The fraction of sp³-hybridized carbons (Fsp3) is 0.621. The van der Waals surface area contributed by atoms with Crippen LogP contribution in [-0.4, -0.2) is 55.0 Å². The first-order chi connectivity index (χ1) is 18.6. The largest absolute Gasteiger partial charge is 0.481 e. The smallest absolute Gasteiger partial charge is 0.309 e. The van der Waals surface area contributed by atoms with E-state index in [4.69, 9.17) is 23.2 Å². The lowest BCUT2D eigenvalue weighted by Crippen LogP contribution is -2.41. The molecule has 3 fully saturated rings. The predicted octanol–water partition coefficient (Wildman–Crippen LogP) is 6.39. The van der Waals surface area contributed by atoms with Gasteiger partial charge in [-0.15, -0.1) is 0 Å². The second kappa shape index (κ2) is 11.2. The third-order valence-electron chi connectivity index (χ3n) is 9.51. The van der Waals surface area contributed by atoms with Gasteiger partial charge in [0.1, 0.15) is 0 Å². The highest BCUT2D eigenvalue weighted by molar-refractivity contribution is 6.40. The van der Waals surface area contributed by atoms with Crippen LogP contribution in [-0.2, 0) is 4.79 Å². The second-order valence-electron chi connectivity index (χ2n) is 11.9. The summed E-state index contributed by atoms with van der Waals surface area (Å²) in [5.41, 5.74) is 0.728. The number of rotatable bonds is 6. The van der Waals surface area contributed by atoms with Crippen LogP contribution in [0.2, 0.25) is 10.0 Å². The molecule has 5 rings (SSSR count). The molecule has 1 saturated heterocycles. The van der Waals surface area contributed by atoms with Crippen LogP contribution in [0.25, 0.3) is 0 Å². The van der Waals surface area contributed by atoms with Gasteiger partial charge in [0, 0.05) is 24.6 Å². The Balaban J connectivity index is 1.41. The molecule has 2 aromatic rings. The second-order valence-corrected chi connectivity index (χ2v) is 12.7. The number of ketones is 1. The molecule has 3 aliphatic rings. The zero-order valence-corrected chi connectivity index (χ0v) is 24.0. The third-order valence-corrected chi connectivity index (χ3v) is 10.1. The molecule has 0 unspecified atom stereocenters. The molecule has 1 amide bonds. The Bertz CT molecular complexity index is 1240. The molecule has 0 spiro atoms. The minimum Gasteiger partial charge on any atom is -0.481 e. The van der Waals surface area contributed by atoms with Crippen molar-refractivity contribution in [3.05, 3.63) is 45.5 Å². The van der Waals surface area contributed by atoms with Gasteiger partial charge in [-0.25, -0.2) is 0 Å². The number of carbonyl (C=O) groups is 3. The first-order valence-electron chi connectivity index (χ1n) is 14.0. The summed E-state index contributed by atoms with van der Waals surface area (Å²) in [6.45, 7) is 4.20. The number of hydrogen-bond acceptors (Lipinski definition) is 5. The van der Waals surface area contributed by atoms with Gasteiger partial charge in [-0.2, -0.15) is 5.10 Å². The van der Waals surface area contributed by atoms with Crippen molar-refractivity contribution in [3.63, 3.8) is 0 Å². The van der Waals surface area contributed by atoms with Crippen molar-refractivity contribution in [2.24, 2.45) is 17.3 Å². The van der Waals surface area contributed by atoms with Gasteiger partial charge in [0.2, 0.25) is 0 Å². The number of pyridine rings is 1. The lowest BCUT2D eigenvalue weighted by atomic mass is 9.74. The number of halogens is 2. The molecule has 0 bridgehead atoms. The summed E-state index contributed by atoms with van der Waals surface area (Å²) in [7, 11) is 0. The Labute approximate surface area is 239 Å². The van der Waals surface area contributed by atoms with Gasteiger partial charge < -0.3 is 10.0 Å². The summed E-state index contributed by atoms with van der Waals surface area (Å²) in [6.07, 6.45) is 13.4. The fourth-order valence-electron chi connectivity index (χ4n) is 6.96. The van der Waals surface area contributed by atoms with Gasteiger partial charge >= 0.3 is 5.97 Å². The Morgan fingerprint density at radius 1 is 0.974 bits per heavy atom. The van der Waals surface area contributed by atoms with Crippen molar-refractivity contribution in [1.29, 1.82) is 0 Å². The molecule has 1 N–H and O–H groups in total. The number of carbonyl (C=O) groups excluding carboxylic acids is 2. The van der Waals surface area contributed by atoms with Crippen LogP contribution in [0.4, 0.5) is 0 Å².